The molecule has 0 N–H and O–H groups in total. The molecule has 148 valence electrons. The van der Waals surface area contributed by atoms with E-state index in [1.807, 2.05) is 6.20 Å². The van der Waals surface area contributed by atoms with Gasteiger partial charge in [-0.25, -0.2) is 9.29 Å². The van der Waals surface area contributed by atoms with E-state index < -0.39 is 0 Å². The second-order valence-electron chi connectivity index (χ2n) is 8.79. The maximum absolute atomic E-state index is 6.39. The van der Waals surface area contributed by atoms with E-state index in [1.165, 1.54) is 19.5 Å². The zero-order valence-corrected chi connectivity index (χ0v) is 17.1. The van der Waals surface area contributed by atoms with Gasteiger partial charge >= 0.3 is 0 Å². The average molecular weight is 392 g/mol. The first-order valence-electron chi connectivity index (χ1n) is 9.98. The molecule has 4 saturated heterocycles. The summed E-state index contributed by atoms with van der Waals surface area (Å²) in [5, 5.41) is 0. The minimum atomic E-state index is 0.0928. The van der Waals surface area contributed by atoms with Gasteiger partial charge in [0, 0.05) is 43.8 Å². The molecule has 6 nitrogen and oxygen atoms in total. The van der Waals surface area contributed by atoms with Crippen molar-refractivity contribution < 1.29 is 14.2 Å². The number of hydrogen-bond acceptors (Lipinski definition) is 7. The van der Waals surface area contributed by atoms with E-state index in [0.717, 1.165) is 62.1 Å². The monoisotopic (exact) mass is 391 g/mol. The van der Waals surface area contributed by atoms with Crippen LogP contribution in [-0.4, -0.2) is 78.9 Å². The lowest BCUT2D eigenvalue weighted by Crippen LogP contribution is -2.68. The third kappa shape index (κ3) is 3.38. The lowest BCUT2D eigenvalue weighted by Gasteiger charge is -2.57. The van der Waals surface area contributed by atoms with Gasteiger partial charge < -0.3 is 14.2 Å². The third-order valence-corrected chi connectivity index (χ3v) is 7.72. The lowest BCUT2D eigenvalue weighted by molar-refractivity contribution is -0.197. The predicted octanol–water partition coefficient (Wildman–Crippen LogP) is 2.36. The highest BCUT2D eigenvalue weighted by molar-refractivity contribution is 7.97. The number of piperidine rings is 1. The number of aromatic nitrogens is 1. The quantitative estimate of drug-likeness (QED) is 0.730. The van der Waals surface area contributed by atoms with Gasteiger partial charge in [-0.05, 0) is 49.8 Å². The van der Waals surface area contributed by atoms with E-state index >= 15 is 0 Å². The Kier molecular flexibility index (Phi) is 4.64. The maximum atomic E-state index is 6.39. The van der Waals surface area contributed by atoms with Gasteiger partial charge in [0.25, 0.3) is 0 Å². The van der Waals surface area contributed by atoms with Crippen molar-refractivity contribution in [1.82, 2.24) is 14.2 Å². The van der Waals surface area contributed by atoms with Crippen LogP contribution in [0.1, 0.15) is 24.8 Å². The second kappa shape index (κ2) is 6.88. The summed E-state index contributed by atoms with van der Waals surface area (Å²) in [5.74, 6) is 0.717. The minimum Gasteiger partial charge on any atom is -0.480 e. The molecule has 0 aliphatic carbocycles. The number of ether oxygens (including phenoxy) is 3. The summed E-state index contributed by atoms with van der Waals surface area (Å²) in [6.07, 6.45) is 5.27. The Hall–Kier alpha value is -0.860. The molecule has 0 saturated carbocycles. The first-order valence-corrected chi connectivity index (χ1v) is 10.8. The van der Waals surface area contributed by atoms with Gasteiger partial charge in [-0.1, -0.05) is 0 Å². The van der Waals surface area contributed by atoms with Crippen LogP contribution in [0.4, 0.5) is 0 Å². The minimum absolute atomic E-state index is 0.0928. The van der Waals surface area contributed by atoms with Gasteiger partial charge in [-0.2, -0.15) is 0 Å². The summed E-state index contributed by atoms with van der Waals surface area (Å²) in [6.45, 7) is 9.41. The fourth-order valence-corrected chi connectivity index (χ4v) is 6.02. The molecule has 4 fully saturated rings. The normalized spacial score (nSPS) is 29.6. The fourth-order valence-electron chi connectivity index (χ4n) is 4.92. The standard InChI is InChI=1S/C20H29N3O3S/c1-15-7-17(18(24-2)21-9-15)27-23-5-3-20(4-6-23)8-16(10-26-20)22-11-19(12-22)13-25-14-19/h7,9,16H,3-6,8,10-14H2,1-2H3. The van der Waals surface area contributed by atoms with Crippen molar-refractivity contribution in [2.75, 3.05) is 53.1 Å². The molecular formula is C20H29N3O3S. The van der Waals surface area contributed by atoms with Crippen molar-refractivity contribution in [2.45, 2.75) is 42.7 Å². The number of nitrogens with zero attached hydrogens (tertiary/aromatic N) is 3. The average Bonchev–Trinajstić information content (AvgIpc) is 2.99. The van der Waals surface area contributed by atoms with Crippen molar-refractivity contribution in [2.24, 2.45) is 5.41 Å². The van der Waals surface area contributed by atoms with Gasteiger partial charge in [-0.3, -0.25) is 4.90 Å². The van der Waals surface area contributed by atoms with E-state index in [2.05, 4.69) is 27.2 Å². The van der Waals surface area contributed by atoms with Gasteiger partial charge in [-0.15, -0.1) is 0 Å². The maximum Gasteiger partial charge on any atom is 0.228 e. The number of pyridine rings is 1. The van der Waals surface area contributed by atoms with Crippen LogP contribution in [-0.2, 0) is 9.47 Å². The van der Waals surface area contributed by atoms with Crippen LogP contribution in [0.5, 0.6) is 5.88 Å². The molecule has 1 aromatic rings. The number of aryl methyl sites for hydroxylation is 1. The topological polar surface area (TPSA) is 47.1 Å². The molecule has 2 spiro atoms. The molecule has 1 atom stereocenters. The Balaban J connectivity index is 1.15. The van der Waals surface area contributed by atoms with Crippen molar-refractivity contribution in [3.8, 4) is 5.88 Å². The Labute approximate surface area is 165 Å². The Morgan fingerprint density at radius 3 is 2.70 bits per heavy atom. The van der Waals surface area contributed by atoms with Crippen LogP contribution in [0.15, 0.2) is 17.2 Å². The summed E-state index contributed by atoms with van der Waals surface area (Å²) in [5.41, 5.74) is 1.75. The Morgan fingerprint density at radius 1 is 1.26 bits per heavy atom. The number of rotatable bonds is 4. The van der Waals surface area contributed by atoms with E-state index in [0.29, 0.717) is 11.5 Å². The van der Waals surface area contributed by atoms with Gasteiger partial charge in [0.2, 0.25) is 5.88 Å². The summed E-state index contributed by atoms with van der Waals surface area (Å²) in [6, 6.07) is 2.77. The predicted molar refractivity (Wildman–Crippen MR) is 104 cm³/mol. The summed E-state index contributed by atoms with van der Waals surface area (Å²) < 4.78 is 19.7. The summed E-state index contributed by atoms with van der Waals surface area (Å²) in [4.78, 5) is 8.12. The smallest absolute Gasteiger partial charge is 0.228 e. The van der Waals surface area contributed by atoms with Crippen LogP contribution in [0.3, 0.4) is 0 Å². The van der Waals surface area contributed by atoms with E-state index in [9.17, 15) is 0 Å². The zero-order chi connectivity index (χ0) is 18.5. The van der Waals surface area contributed by atoms with Crippen LogP contribution in [0.2, 0.25) is 0 Å². The van der Waals surface area contributed by atoms with Crippen molar-refractivity contribution in [3.05, 3.63) is 17.8 Å². The molecular weight excluding hydrogens is 362 g/mol. The highest BCUT2D eigenvalue weighted by Crippen LogP contribution is 2.45. The fraction of sp³-hybridized carbons (Fsp3) is 0.750. The van der Waals surface area contributed by atoms with Crippen LogP contribution >= 0.6 is 11.9 Å². The Bertz CT molecular complexity index is 696. The molecule has 1 unspecified atom stereocenters. The van der Waals surface area contributed by atoms with Crippen molar-refractivity contribution in [3.63, 3.8) is 0 Å². The molecule has 0 bridgehead atoms. The molecule has 0 aromatic carbocycles. The largest absolute Gasteiger partial charge is 0.480 e. The second-order valence-corrected chi connectivity index (χ2v) is 9.93. The van der Waals surface area contributed by atoms with Crippen LogP contribution in [0, 0.1) is 12.3 Å². The molecule has 4 aliphatic heterocycles. The van der Waals surface area contributed by atoms with E-state index in [1.54, 1.807) is 19.1 Å². The third-order valence-electron chi connectivity index (χ3n) is 6.61. The molecule has 0 radical (unpaired) electrons. The molecule has 5 rings (SSSR count). The van der Waals surface area contributed by atoms with Gasteiger partial charge in [0.15, 0.2) is 0 Å². The van der Waals surface area contributed by atoms with Crippen molar-refractivity contribution >= 4 is 11.9 Å². The zero-order valence-electron chi connectivity index (χ0n) is 16.3. The molecule has 0 amide bonds. The summed E-state index contributed by atoms with van der Waals surface area (Å²) >= 11 is 1.77. The molecule has 27 heavy (non-hydrogen) atoms. The molecule has 1 aromatic heterocycles. The Morgan fingerprint density at radius 2 is 2.04 bits per heavy atom. The van der Waals surface area contributed by atoms with Gasteiger partial charge in [0.05, 0.1) is 37.4 Å². The van der Waals surface area contributed by atoms with E-state index in [-0.39, 0.29) is 5.60 Å². The molecule has 7 heteroatoms. The van der Waals surface area contributed by atoms with Crippen LogP contribution in [0.25, 0.3) is 0 Å². The highest BCUT2D eigenvalue weighted by Gasteiger charge is 2.54. The van der Waals surface area contributed by atoms with Crippen molar-refractivity contribution in [1.29, 1.82) is 0 Å². The number of likely N-dealkylation sites (tertiary alicyclic amines) is 1. The lowest BCUT2D eigenvalue weighted by atomic mass is 9.76. The first-order chi connectivity index (χ1) is 13.1. The van der Waals surface area contributed by atoms with Crippen LogP contribution < -0.4 is 4.74 Å². The van der Waals surface area contributed by atoms with Gasteiger partial charge in [0.1, 0.15) is 0 Å². The highest BCUT2D eigenvalue weighted by atomic mass is 32.2. The number of methoxy groups -OCH3 is 1. The summed E-state index contributed by atoms with van der Waals surface area (Å²) in [7, 11) is 1.69. The van der Waals surface area contributed by atoms with E-state index in [4.69, 9.17) is 14.2 Å². The molecule has 5 heterocycles. The molecule has 4 aliphatic rings. The number of hydrogen-bond donors (Lipinski definition) is 0. The SMILES string of the molecule is COc1ncc(C)cc1SN1CCC2(CC1)CC(N1CC3(COC3)C1)CO2. The first kappa shape index (κ1) is 18.2.